The van der Waals surface area contributed by atoms with Gasteiger partial charge in [0.2, 0.25) is 0 Å². The second-order valence-electron chi connectivity index (χ2n) is 7.86. The molecule has 1 aliphatic heterocycles. The SMILES string of the molecule is CCN1C(=O)/C(=C\c2cc(C)n(-c3cccc(C(F)(F)F)c3)c2C)SC1=Nc1ccc(Br)c(Cl)c1. The number of benzene rings is 2. The van der Waals surface area contributed by atoms with Crippen LogP contribution in [0.4, 0.5) is 18.9 Å². The van der Waals surface area contributed by atoms with Gasteiger partial charge in [0.1, 0.15) is 0 Å². The molecule has 182 valence electrons. The van der Waals surface area contributed by atoms with Gasteiger partial charge in [-0.3, -0.25) is 9.69 Å². The molecule has 0 aliphatic carbocycles. The lowest BCUT2D eigenvalue weighted by Gasteiger charge is -2.13. The fourth-order valence-corrected chi connectivity index (χ4v) is 5.30. The van der Waals surface area contributed by atoms with E-state index < -0.39 is 11.7 Å². The van der Waals surface area contributed by atoms with Crippen molar-refractivity contribution in [1.29, 1.82) is 0 Å². The standard InChI is InChI=1S/C25H20BrClF3N3OS/c1-4-32-23(34)22(35-24(32)31-18-8-9-20(26)21(27)13-18)11-16-10-14(2)33(15(16)3)19-7-5-6-17(12-19)25(28,29)30/h5-13H,4H2,1-3H3/b22-11+,31-24?. The predicted octanol–water partition coefficient (Wildman–Crippen LogP) is 8.15. The molecule has 2 aromatic carbocycles. The van der Waals surface area contributed by atoms with Crippen molar-refractivity contribution < 1.29 is 18.0 Å². The molecule has 1 amide bonds. The number of nitrogens with zero attached hydrogens (tertiary/aromatic N) is 3. The van der Waals surface area contributed by atoms with Gasteiger partial charge in [0.05, 0.1) is 21.2 Å². The summed E-state index contributed by atoms with van der Waals surface area (Å²) >= 11 is 10.8. The maximum absolute atomic E-state index is 13.2. The van der Waals surface area contributed by atoms with Crippen molar-refractivity contribution in [2.45, 2.75) is 26.9 Å². The quantitative estimate of drug-likeness (QED) is 0.291. The van der Waals surface area contributed by atoms with E-state index in [-0.39, 0.29) is 5.91 Å². The Kier molecular flexibility index (Phi) is 7.22. The number of carbonyl (C=O) groups excluding carboxylic acids is 1. The number of carbonyl (C=O) groups is 1. The number of thioether (sulfide) groups is 1. The van der Waals surface area contributed by atoms with Gasteiger partial charge in [0, 0.05) is 28.1 Å². The topological polar surface area (TPSA) is 37.6 Å². The van der Waals surface area contributed by atoms with E-state index >= 15 is 0 Å². The molecular formula is C25H20BrClF3N3OS. The zero-order valence-electron chi connectivity index (χ0n) is 19.0. The Bertz CT molecular complexity index is 1380. The Morgan fingerprint density at radius 2 is 1.89 bits per heavy atom. The minimum atomic E-state index is -4.43. The van der Waals surface area contributed by atoms with Gasteiger partial charge in [0.15, 0.2) is 5.17 Å². The molecule has 4 rings (SSSR count). The number of rotatable bonds is 4. The minimum Gasteiger partial charge on any atom is -0.318 e. The Morgan fingerprint density at radius 1 is 1.14 bits per heavy atom. The van der Waals surface area contributed by atoms with Crippen LogP contribution in [0.15, 0.2) is 62.9 Å². The third-order valence-corrected chi connectivity index (χ3v) is 7.76. The average molecular weight is 583 g/mol. The smallest absolute Gasteiger partial charge is 0.318 e. The summed E-state index contributed by atoms with van der Waals surface area (Å²) in [5.41, 5.74) is 2.56. The van der Waals surface area contributed by atoms with Crippen molar-refractivity contribution in [3.8, 4) is 5.69 Å². The molecule has 10 heteroatoms. The maximum Gasteiger partial charge on any atom is 0.416 e. The van der Waals surface area contributed by atoms with Crippen LogP contribution < -0.4 is 0 Å². The van der Waals surface area contributed by atoms with Crippen molar-refractivity contribution in [3.05, 3.63) is 85.4 Å². The lowest BCUT2D eigenvalue weighted by atomic mass is 10.2. The van der Waals surface area contributed by atoms with Crippen LogP contribution in [0.5, 0.6) is 0 Å². The van der Waals surface area contributed by atoms with Gasteiger partial charge in [-0.1, -0.05) is 17.7 Å². The molecule has 1 aliphatic rings. The van der Waals surface area contributed by atoms with Crippen LogP contribution in [0.3, 0.4) is 0 Å². The number of aliphatic imine (C=N–C) groups is 1. The summed E-state index contributed by atoms with van der Waals surface area (Å²) in [7, 11) is 0. The van der Waals surface area contributed by atoms with Gasteiger partial charge in [-0.2, -0.15) is 13.2 Å². The number of amidine groups is 1. The first-order chi connectivity index (χ1) is 16.5. The second kappa shape index (κ2) is 9.87. The van der Waals surface area contributed by atoms with Crippen LogP contribution >= 0.6 is 39.3 Å². The molecule has 0 atom stereocenters. The monoisotopic (exact) mass is 581 g/mol. The van der Waals surface area contributed by atoms with Gasteiger partial charge < -0.3 is 4.57 Å². The molecule has 3 aromatic rings. The van der Waals surface area contributed by atoms with E-state index in [4.69, 9.17) is 11.6 Å². The van der Waals surface area contributed by atoms with E-state index in [0.717, 1.165) is 33.6 Å². The Labute approximate surface area is 218 Å². The Balaban J connectivity index is 1.70. The summed E-state index contributed by atoms with van der Waals surface area (Å²) < 4.78 is 42.2. The second-order valence-corrected chi connectivity index (χ2v) is 10.1. The van der Waals surface area contributed by atoms with Crippen LogP contribution in [-0.2, 0) is 11.0 Å². The molecule has 0 unspecified atom stereocenters. The molecule has 0 bridgehead atoms. The zero-order valence-corrected chi connectivity index (χ0v) is 22.1. The van der Waals surface area contributed by atoms with Crippen molar-refractivity contribution in [1.82, 2.24) is 9.47 Å². The van der Waals surface area contributed by atoms with Crippen LogP contribution in [0.25, 0.3) is 11.8 Å². The number of hydrogen-bond acceptors (Lipinski definition) is 3. The van der Waals surface area contributed by atoms with E-state index in [9.17, 15) is 18.0 Å². The minimum absolute atomic E-state index is 0.177. The molecule has 0 saturated carbocycles. The van der Waals surface area contributed by atoms with Crippen molar-refractivity contribution in [2.75, 3.05) is 6.54 Å². The Hall–Kier alpha value is -2.49. The number of amides is 1. The first-order valence-electron chi connectivity index (χ1n) is 10.6. The fraction of sp³-hybridized carbons (Fsp3) is 0.200. The van der Waals surface area contributed by atoms with E-state index in [1.54, 1.807) is 39.8 Å². The molecule has 35 heavy (non-hydrogen) atoms. The summed E-state index contributed by atoms with van der Waals surface area (Å²) in [5.74, 6) is -0.177. The molecule has 0 radical (unpaired) electrons. The van der Waals surface area contributed by atoms with Crippen molar-refractivity contribution in [3.63, 3.8) is 0 Å². The first kappa shape index (κ1) is 25.6. The predicted molar refractivity (Wildman–Crippen MR) is 139 cm³/mol. The number of likely N-dealkylation sites (N-methyl/N-ethyl adjacent to an activating group) is 1. The molecule has 0 N–H and O–H groups in total. The highest BCUT2D eigenvalue weighted by molar-refractivity contribution is 9.10. The summed E-state index contributed by atoms with van der Waals surface area (Å²) in [6.45, 7) is 5.95. The number of alkyl halides is 3. The van der Waals surface area contributed by atoms with Crippen LogP contribution in [0, 0.1) is 13.8 Å². The molecule has 2 heterocycles. The highest BCUT2D eigenvalue weighted by Crippen LogP contribution is 2.37. The number of aromatic nitrogens is 1. The summed E-state index contributed by atoms with van der Waals surface area (Å²) in [6, 6.07) is 12.4. The average Bonchev–Trinajstić information content (AvgIpc) is 3.24. The third-order valence-electron chi connectivity index (χ3n) is 5.52. The molecule has 0 spiro atoms. The van der Waals surface area contributed by atoms with E-state index in [2.05, 4.69) is 20.9 Å². The molecule has 4 nitrogen and oxygen atoms in total. The van der Waals surface area contributed by atoms with Crippen molar-refractivity contribution >= 4 is 62.1 Å². The molecule has 1 aromatic heterocycles. The zero-order chi connectivity index (χ0) is 25.5. The number of aryl methyl sites for hydroxylation is 1. The van der Waals surface area contributed by atoms with E-state index in [0.29, 0.717) is 33.0 Å². The lowest BCUT2D eigenvalue weighted by molar-refractivity contribution is -0.137. The van der Waals surface area contributed by atoms with Crippen LogP contribution in [0.2, 0.25) is 5.02 Å². The summed E-state index contributed by atoms with van der Waals surface area (Å²) in [5, 5.41) is 1.05. The highest BCUT2D eigenvalue weighted by atomic mass is 79.9. The normalized spacial score (nSPS) is 16.7. The number of halogens is 5. The van der Waals surface area contributed by atoms with E-state index in [1.807, 2.05) is 26.8 Å². The van der Waals surface area contributed by atoms with Gasteiger partial charge in [0.25, 0.3) is 5.91 Å². The van der Waals surface area contributed by atoms with Crippen LogP contribution in [0.1, 0.15) is 29.4 Å². The fourth-order valence-electron chi connectivity index (χ4n) is 3.83. The molecule has 1 saturated heterocycles. The lowest BCUT2D eigenvalue weighted by Crippen LogP contribution is -2.28. The van der Waals surface area contributed by atoms with Crippen molar-refractivity contribution in [2.24, 2.45) is 4.99 Å². The van der Waals surface area contributed by atoms with Crippen LogP contribution in [-0.4, -0.2) is 27.1 Å². The third kappa shape index (κ3) is 5.22. The summed E-state index contributed by atoms with van der Waals surface area (Å²) in [6.07, 6.45) is -2.67. The molecular weight excluding hydrogens is 563 g/mol. The Morgan fingerprint density at radius 3 is 2.54 bits per heavy atom. The highest BCUT2D eigenvalue weighted by Gasteiger charge is 2.33. The maximum atomic E-state index is 13.2. The number of hydrogen-bond donors (Lipinski definition) is 0. The van der Waals surface area contributed by atoms with Gasteiger partial charge in [-0.15, -0.1) is 0 Å². The summed E-state index contributed by atoms with van der Waals surface area (Å²) in [4.78, 5) is 19.8. The molecule has 1 fully saturated rings. The van der Waals surface area contributed by atoms with Gasteiger partial charge >= 0.3 is 6.18 Å². The van der Waals surface area contributed by atoms with Gasteiger partial charge in [-0.25, -0.2) is 4.99 Å². The first-order valence-corrected chi connectivity index (χ1v) is 12.6. The van der Waals surface area contributed by atoms with E-state index in [1.165, 1.54) is 17.8 Å². The largest absolute Gasteiger partial charge is 0.416 e. The van der Waals surface area contributed by atoms with Gasteiger partial charge in [-0.05, 0) is 103 Å².